The monoisotopic (exact) mass is 442 g/mol. The van der Waals surface area contributed by atoms with Crippen LogP contribution in [0.25, 0.3) is 0 Å². The first kappa shape index (κ1) is 22.7. The van der Waals surface area contributed by atoms with Gasteiger partial charge in [-0.15, -0.1) is 11.3 Å². The van der Waals surface area contributed by atoms with Crippen LogP contribution in [0, 0.1) is 19.8 Å². The van der Waals surface area contributed by atoms with E-state index in [-0.39, 0.29) is 42.1 Å². The van der Waals surface area contributed by atoms with Crippen molar-refractivity contribution in [3.63, 3.8) is 0 Å². The third-order valence-corrected chi connectivity index (χ3v) is 8.68. The Hall–Kier alpha value is -0.960. The van der Waals surface area contributed by atoms with E-state index in [1.807, 2.05) is 0 Å². The lowest BCUT2D eigenvalue weighted by atomic mass is 9.96. The summed E-state index contributed by atoms with van der Waals surface area (Å²) < 4.78 is 29.7. The topological polar surface area (TPSA) is 75.7 Å². The lowest BCUT2D eigenvalue weighted by Crippen LogP contribution is -2.49. The number of amides is 1. The Morgan fingerprint density at radius 1 is 1.34 bits per heavy atom. The third-order valence-electron chi connectivity index (χ3n) is 5.95. The molecule has 0 unspecified atom stereocenters. The zero-order valence-corrected chi connectivity index (χ0v) is 19.6. The highest BCUT2D eigenvalue weighted by atomic mass is 32.2. The highest BCUT2D eigenvalue weighted by Crippen LogP contribution is 2.30. The number of carbonyl (C=O) groups excluding carboxylic acids is 1. The first-order chi connectivity index (χ1) is 13.7. The summed E-state index contributed by atoms with van der Waals surface area (Å²) in [5.74, 6) is 0.552. The van der Waals surface area contributed by atoms with Gasteiger partial charge in [0.1, 0.15) is 0 Å². The number of ether oxygens (including phenoxy) is 1. The minimum atomic E-state index is -3.05. The average Bonchev–Trinajstić information content (AvgIpc) is 3.34. The van der Waals surface area contributed by atoms with Crippen molar-refractivity contribution < 1.29 is 17.9 Å². The van der Waals surface area contributed by atoms with Crippen LogP contribution < -0.4 is 5.32 Å². The first-order valence-corrected chi connectivity index (χ1v) is 13.2. The summed E-state index contributed by atoms with van der Waals surface area (Å²) >= 11 is 1.78. The summed E-state index contributed by atoms with van der Waals surface area (Å²) in [4.78, 5) is 17.5. The molecule has 1 aromatic rings. The molecular formula is C21H34N2O4S2. The summed E-state index contributed by atoms with van der Waals surface area (Å²) in [6.07, 6.45) is 2.47. The summed E-state index contributed by atoms with van der Waals surface area (Å²) in [6, 6.07) is 2.07. The maximum Gasteiger partial charge on any atom is 0.236 e. The summed E-state index contributed by atoms with van der Waals surface area (Å²) in [6.45, 7) is 9.96. The Labute approximate surface area is 178 Å². The summed E-state index contributed by atoms with van der Waals surface area (Å²) in [7, 11) is -3.05. The predicted octanol–water partition coefficient (Wildman–Crippen LogP) is 2.85. The van der Waals surface area contributed by atoms with Crippen molar-refractivity contribution >= 4 is 27.1 Å². The van der Waals surface area contributed by atoms with Crippen LogP contribution in [0.15, 0.2) is 6.07 Å². The number of rotatable bonds is 8. The molecule has 164 valence electrons. The van der Waals surface area contributed by atoms with E-state index in [1.54, 1.807) is 16.2 Å². The first-order valence-electron chi connectivity index (χ1n) is 10.6. The standard InChI is InChI=1S/C21H34N2O4S2/c1-14(2)21(19-10-15(3)28-16(19)4)22-11-20(24)23(12-18-6-5-8-27-18)17-7-9-29(25,26)13-17/h10,14,17-18,21-22H,5-9,11-13H2,1-4H3/t17-,18-,21+/m0/s1. The molecule has 0 bridgehead atoms. The molecule has 0 aliphatic carbocycles. The van der Waals surface area contributed by atoms with E-state index in [9.17, 15) is 13.2 Å². The van der Waals surface area contributed by atoms with Crippen LogP contribution in [0.1, 0.15) is 54.5 Å². The molecule has 3 rings (SSSR count). The summed E-state index contributed by atoms with van der Waals surface area (Å²) in [5, 5.41) is 3.46. The molecule has 8 heteroatoms. The number of nitrogens with zero attached hydrogens (tertiary/aromatic N) is 1. The minimum absolute atomic E-state index is 0.0184. The number of aryl methyl sites for hydroxylation is 2. The number of hydrogen-bond acceptors (Lipinski definition) is 6. The normalized spacial score (nSPS) is 24.9. The lowest BCUT2D eigenvalue weighted by molar-refractivity contribution is -0.134. The van der Waals surface area contributed by atoms with Gasteiger partial charge < -0.3 is 15.0 Å². The molecule has 0 saturated carbocycles. The zero-order chi connectivity index (χ0) is 21.2. The van der Waals surface area contributed by atoms with Gasteiger partial charge >= 0.3 is 0 Å². The lowest BCUT2D eigenvalue weighted by Gasteiger charge is -2.32. The van der Waals surface area contributed by atoms with E-state index in [0.29, 0.717) is 18.9 Å². The second-order valence-corrected chi connectivity index (χ2v) is 12.4. The molecule has 0 spiro atoms. The molecule has 2 aliphatic rings. The van der Waals surface area contributed by atoms with Crippen molar-refractivity contribution in [3.05, 3.63) is 21.4 Å². The van der Waals surface area contributed by atoms with Crippen LogP contribution in [0.4, 0.5) is 0 Å². The molecule has 1 N–H and O–H groups in total. The van der Waals surface area contributed by atoms with Gasteiger partial charge in [0.25, 0.3) is 0 Å². The van der Waals surface area contributed by atoms with Crippen LogP contribution in [0.5, 0.6) is 0 Å². The van der Waals surface area contributed by atoms with Gasteiger partial charge in [-0.2, -0.15) is 0 Å². The van der Waals surface area contributed by atoms with Gasteiger partial charge in [0.05, 0.1) is 24.2 Å². The van der Waals surface area contributed by atoms with Crippen molar-refractivity contribution in [1.82, 2.24) is 10.2 Å². The number of nitrogens with one attached hydrogen (secondary N) is 1. The van der Waals surface area contributed by atoms with Gasteiger partial charge in [0.15, 0.2) is 9.84 Å². The highest BCUT2D eigenvalue weighted by Gasteiger charge is 2.36. The molecule has 2 fully saturated rings. The highest BCUT2D eigenvalue weighted by molar-refractivity contribution is 7.91. The second-order valence-electron chi connectivity index (χ2n) is 8.71. The van der Waals surface area contributed by atoms with Crippen molar-refractivity contribution in [2.24, 2.45) is 5.92 Å². The Morgan fingerprint density at radius 2 is 2.10 bits per heavy atom. The number of thiophene rings is 1. The Bertz CT molecular complexity index is 813. The van der Waals surface area contributed by atoms with E-state index in [2.05, 4.69) is 39.1 Å². The molecule has 2 aliphatic heterocycles. The maximum absolute atomic E-state index is 13.2. The average molecular weight is 443 g/mol. The van der Waals surface area contributed by atoms with Gasteiger partial charge in [0, 0.05) is 35.0 Å². The van der Waals surface area contributed by atoms with E-state index < -0.39 is 9.84 Å². The van der Waals surface area contributed by atoms with Crippen molar-refractivity contribution in [3.8, 4) is 0 Å². The smallest absolute Gasteiger partial charge is 0.236 e. The molecular weight excluding hydrogens is 408 g/mol. The minimum Gasteiger partial charge on any atom is -0.376 e. The predicted molar refractivity (Wildman–Crippen MR) is 117 cm³/mol. The van der Waals surface area contributed by atoms with E-state index >= 15 is 0 Å². The summed E-state index contributed by atoms with van der Waals surface area (Å²) in [5.41, 5.74) is 1.25. The van der Waals surface area contributed by atoms with E-state index in [4.69, 9.17) is 4.74 Å². The van der Waals surface area contributed by atoms with E-state index in [1.165, 1.54) is 15.3 Å². The number of sulfone groups is 1. The molecule has 6 nitrogen and oxygen atoms in total. The van der Waals surface area contributed by atoms with Crippen molar-refractivity contribution in [2.45, 2.75) is 65.1 Å². The molecule has 0 radical (unpaired) electrons. The second kappa shape index (κ2) is 9.45. The molecule has 1 amide bonds. The molecule has 2 saturated heterocycles. The van der Waals surface area contributed by atoms with Crippen LogP contribution in [0.2, 0.25) is 0 Å². The Kier molecular flexibility index (Phi) is 7.41. The van der Waals surface area contributed by atoms with Crippen LogP contribution in [-0.2, 0) is 19.4 Å². The Balaban J connectivity index is 1.70. The van der Waals surface area contributed by atoms with Gasteiger partial charge in [-0.05, 0) is 50.7 Å². The van der Waals surface area contributed by atoms with Gasteiger partial charge in [-0.1, -0.05) is 13.8 Å². The van der Waals surface area contributed by atoms with E-state index in [0.717, 1.165) is 19.4 Å². The largest absolute Gasteiger partial charge is 0.376 e. The molecule has 0 aromatic carbocycles. The number of carbonyl (C=O) groups is 1. The zero-order valence-electron chi connectivity index (χ0n) is 17.9. The Morgan fingerprint density at radius 3 is 2.62 bits per heavy atom. The fraction of sp³-hybridized carbons (Fsp3) is 0.762. The van der Waals surface area contributed by atoms with Crippen LogP contribution in [0.3, 0.4) is 0 Å². The maximum atomic E-state index is 13.2. The van der Waals surface area contributed by atoms with Crippen molar-refractivity contribution in [1.29, 1.82) is 0 Å². The van der Waals surface area contributed by atoms with Gasteiger partial charge in [-0.3, -0.25) is 4.79 Å². The van der Waals surface area contributed by atoms with Crippen molar-refractivity contribution in [2.75, 3.05) is 31.2 Å². The fourth-order valence-electron chi connectivity index (χ4n) is 4.45. The fourth-order valence-corrected chi connectivity index (χ4v) is 7.15. The molecule has 29 heavy (non-hydrogen) atoms. The molecule has 1 aromatic heterocycles. The number of hydrogen-bond donors (Lipinski definition) is 1. The molecule has 3 heterocycles. The van der Waals surface area contributed by atoms with Gasteiger partial charge in [-0.25, -0.2) is 8.42 Å². The third kappa shape index (κ3) is 5.81. The van der Waals surface area contributed by atoms with Crippen LogP contribution in [-0.4, -0.2) is 62.6 Å². The molecule has 3 atom stereocenters. The quantitative estimate of drug-likeness (QED) is 0.670. The van der Waals surface area contributed by atoms with Gasteiger partial charge in [0.2, 0.25) is 5.91 Å². The SMILES string of the molecule is Cc1cc([C@H](NCC(=O)N(C[C@@H]2CCCO2)[C@H]2CCS(=O)(=O)C2)C(C)C)c(C)s1. The van der Waals surface area contributed by atoms with Crippen LogP contribution >= 0.6 is 11.3 Å².